The second-order valence-corrected chi connectivity index (χ2v) is 11.2. The highest BCUT2D eigenvalue weighted by atomic mass is 19.4. The minimum absolute atomic E-state index is 0.0807. The van der Waals surface area contributed by atoms with Crippen molar-refractivity contribution in [3.63, 3.8) is 0 Å². The van der Waals surface area contributed by atoms with E-state index in [9.17, 15) is 22.8 Å². The van der Waals surface area contributed by atoms with Crippen molar-refractivity contribution in [3.8, 4) is 0 Å². The zero-order valence-corrected chi connectivity index (χ0v) is 22.7. The number of piperidine rings is 1. The number of nitrogens with zero attached hydrogens (tertiary/aromatic N) is 4. The second-order valence-electron chi connectivity index (χ2n) is 11.2. The van der Waals surface area contributed by atoms with E-state index >= 15 is 0 Å². The van der Waals surface area contributed by atoms with Crippen LogP contribution >= 0.6 is 0 Å². The molecule has 1 aliphatic carbocycles. The van der Waals surface area contributed by atoms with Gasteiger partial charge in [0.1, 0.15) is 0 Å². The van der Waals surface area contributed by atoms with E-state index < -0.39 is 29.3 Å². The van der Waals surface area contributed by atoms with Crippen molar-refractivity contribution in [2.45, 2.75) is 56.8 Å². The van der Waals surface area contributed by atoms with Crippen LogP contribution in [0.3, 0.4) is 0 Å². The number of alkyl halides is 3. The lowest BCUT2D eigenvalue weighted by atomic mass is 9.86. The molecule has 1 atom stereocenters. The molecule has 0 saturated carbocycles. The van der Waals surface area contributed by atoms with Crippen LogP contribution in [0.2, 0.25) is 0 Å². The maximum absolute atomic E-state index is 13.5. The Morgan fingerprint density at radius 2 is 1.70 bits per heavy atom. The first kappa shape index (κ1) is 27.6. The van der Waals surface area contributed by atoms with Gasteiger partial charge >= 0.3 is 6.18 Å². The molecule has 5 rings (SSSR count). The highest BCUT2D eigenvalue weighted by Gasteiger charge is 2.40. The van der Waals surface area contributed by atoms with E-state index in [1.807, 2.05) is 39.1 Å². The van der Waals surface area contributed by atoms with Crippen molar-refractivity contribution in [3.05, 3.63) is 89.0 Å². The summed E-state index contributed by atoms with van der Waals surface area (Å²) < 4.78 is 40.5. The number of hydrogen-bond donors (Lipinski definition) is 1. The smallest absolute Gasteiger partial charge is 0.371 e. The summed E-state index contributed by atoms with van der Waals surface area (Å²) >= 11 is 0. The summed E-state index contributed by atoms with van der Waals surface area (Å²) in [5.41, 5.74) is 1.44. The normalized spacial score (nSPS) is 18.8. The lowest BCUT2D eigenvalue weighted by molar-refractivity contribution is -0.138. The predicted octanol–water partition coefficient (Wildman–Crippen LogP) is 5.39. The van der Waals surface area contributed by atoms with Gasteiger partial charge in [0.15, 0.2) is 0 Å². The first-order chi connectivity index (χ1) is 19.0. The van der Waals surface area contributed by atoms with Crippen LogP contribution in [-0.2, 0) is 11.6 Å². The van der Waals surface area contributed by atoms with Gasteiger partial charge in [0, 0.05) is 62.2 Å². The van der Waals surface area contributed by atoms with Crippen LogP contribution in [0.25, 0.3) is 0 Å². The molecule has 3 heterocycles. The molecule has 1 saturated heterocycles. The maximum atomic E-state index is 13.5. The van der Waals surface area contributed by atoms with Crippen LogP contribution in [0.1, 0.15) is 76.6 Å². The Labute approximate surface area is 231 Å². The van der Waals surface area contributed by atoms with Crippen molar-refractivity contribution < 1.29 is 22.8 Å². The van der Waals surface area contributed by atoms with Gasteiger partial charge in [-0.1, -0.05) is 19.9 Å². The third kappa shape index (κ3) is 5.39. The Kier molecular flexibility index (Phi) is 7.29. The largest absolute Gasteiger partial charge is 0.417 e. The molecule has 40 heavy (non-hydrogen) atoms. The van der Waals surface area contributed by atoms with Gasteiger partial charge in [-0.15, -0.1) is 0 Å². The molecule has 1 unspecified atom stereocenters. The SMILES string of the molecule is CN(C(=O)c1ccc2c(c1)C(NC(=O)c1cnccc1C(F)(F)F)CC2(C)C)C1CCN(c2ccncc2)CC1. The van der Waals surface area contributed by atoms with Gasteiger partial charge in [0.25, 0.3) is 11.8 Å². The van der Waals surface area contributed by atoms with Gasteiger partial charge < -0.3 is 15.1 Å². The fraction of sp³-hybridized carbons (Fsp3) is 0.400. The number of nitrogens with one attached hydrogen (secondary N) is 1. The quantitative estimate of drug-likeness (QED) is 0.460. The molecular formula is C30H32F3N5O2. The zero-order chi connectivity index (χ0) is 28.7. The number of anilines is 1. The van der Waals surface area contributed by atoms with E-state index in [0.29, 0.717) is 12.0 Å². The van der Waals surface area contributed by atoms with Crippen LogP contribution in [0.15, 0.2) is 61.2 Å². The molecule has 0 spiro atoms. The number of hydrogen-bond acceptors (Lipinski definition) is 5. The van der Waals surface area contributed by atoms with Crippen molar-refractivity contribution in [1.82, 2.24) is 20.2 Å². The van der Waals surface area contributed by atoms with E-state index in [0.717, 1.165) is 61.2 Å². The summed E-state index contributed by atoms with van der Waals surface area (Å²) in [4.78, 5) is 38.4. The predicted molar refractivity (Wildman–Crippen MR) is 145 cm³/mol. The van der Waals surface area contributed by atoms with Crippen LogP contribution in [0.4, 0.5) is 18.9 Å². The van der Waals surface area contributed by atoms with Crippen molar-refractivity contribution >= 4 is 17.5 Å². The number of pyridine rings is 2. The number of carbonyl (C=O) groups is 2. The van der Waals surface area contributed by atoms with Crippen molar-refractivity contribution in [1.29, 1.82) is 0 Å². The van der Waals surface area contributed by atoms with Crippen molar-refractivity contribution in [2.24, 2.45) is 0 Å². The molecule has 3 aromatic rings. The average Bonchev–Trinajstić information content (AvgIpc) is 3.20. The topological polar surface area (TPSA) is 78.4 Å². The molecule has 7 nitrogen and oxygen atoms in total. The molecule has 210 valence electrons. The summed E-state index contributed by atoms with van der Waals surface area (Å²) in [6.07, 6.45) is 2.97. The number of benzene rings is 1. The van der Waals surface area contributed by atoms with E-state index in [1.165, 1.54) is 0 Å². The van der Waals surface area contributed by atoms with E-state index in [1.54, 1.807) is 29.4 Å². The Morgan fingerprint density at radius 3 is 2.38 bits per heavy atom. The molecule has 1 aromatic carbocycles. The molecule has 2 aromatic heterocycles. The van der Waals surface area contributed by atoms with E-state index in [4.69, 9.17) is 0 Å². The molecule has 1 N–H and O–H groups in total. The lowest BCUT2D eigenvalue weighted by Crippen LogP contribution is -2.45. The van der Waals surface area contributed by atoms with Gasteiger partial charge in [-0.25, -0.2) is 0 Å². The molecule has 2 aliphatic rings. The molecule has 1 fully saturated rings. The van der Waals surface area contributed by atoms with E-state index in [2.05, 4.69) is 20.2 Å². The standard InChI is InChI=1S/C30H32F3N5O2/c1-29(2)17-26(36-27(39)23-18-35-13-8-25(23)30(31,32)33)22-16-19(4-5-24(22)29)28(40)37(3)20-9-14-38(15-10-20)21-6-11-34-12-7-21/h4-8,11-13,16,18,20,26H,9-10,14-15,17H2,1-3H3,(H,36,39). The van der Waals surface area contributed by atoms with Crippen LogP contribution in [0.5, 0.6) is 0 Å². The van der Waals surface area contributed by atoms with E-state index in [-0.39, 0.29) is 17.4 Å². The lowest BCUT2D eigenvalue weighted by Gasteiger charge is -2.38. The number of fused-ring (bicyclic) bond motifs is 1. The van der Waals surface area contributed by atoms with Crippen LogP contribution in [-0.4, -0.2) is 52.9 Å². The number of carbonyl (C=O) groups excluding carboxylic acids is 2. The summed E-state index contributed by atoms with van der Waals surface area (Å²) in [5.74, 6) is -0.963. The van der Waals surface area contributed by atoms with Gasteiger partial charge in [-0.05, 0) is 66.1 Å². The van der Waals surface area contributed by atoms with Gasteiger partial charge in [0.05, 0.1) is 17.2 Å². The highest BCUT2D eigenvalue weighted by Crippen LogP contribution is 2.45. The summed E-state index contributed by atoms with van der Waals surface area (Å²) in [7, 11) is 1.81. The Hall–Kier alpha value is -3.95. The minimum atomic E-state index is -4.68. The third-order valence-corrected chi connectivity index (χ3v) is 8.15. The number of aromatic nitrogens is 2. The molecule has 1 aliphatic heterocycles. The van der Waals surface area contributed by atoms with Gasteiger partial charge in [0.2, 0.25) is 0 Å². The Morgan fingerprint density at radius 1 is 1.02 bits per heavy atom. The molecular weight excluding hydrogens is 519 g/mol. The number of halogens is 3. The summed E-state index contributed by atoms with van der Waals surface area (Å²) in [6.45, 7) is 5.70. The minimum Gasteiger partial charge on any atom is -0.371 e. The second kappa shape index (κ2) is 10.6. The molecule has 10 heteroatoms. The molecule has 0 radical (unpaired) electrons. The zero-order valence-electron chi connectivity index (χ0n) is 22.7. The number of amides is 2. The Bertz CT molecular complexity index is 1400. The van der Waals surface area contributed by atoms with Crippen molar-refractivity contribution in [2.75, 3.05) is 25.0 Å². The van der Waals surface area contributed by atoms with Gasteiger partial charge in [-0.3, -0.25) is 19.6 Å². The highest BCUT2D eigenvalue weighted by molar-refractivity contribution is 5.96. The van der Waals surface area contributed by atoms with Crippen LogP contribution in [0, 0.1) is 0 Å². The van der Waals surface area contributed by atoms with Crippen LogP contribution < -0.4 is 10.2 Å². The fourth-order valence-electron chi connectivity index (χ4n) is 5.95. The molecule has 2 amide bonds. The third-order valence-electron chi connectivity index (χ3n) is 8.15. The average molecular weight is 552 g/mol. The maximum Gasteiger partial charge on any atom is 0.417 e. The monoisotopic (exact) mass is 551 g/mol. The first-order valence-corrected chi connectivity index (χ1v) is 13.3. The number of rotatable bonds is 5. The Balaban J connectivity index is 1.32. The summed E-state index contributed by atoms with van der Waals surface area (Å²) in [6, 6.07) is 9.79. The molecule has 0 bridgehead atoms. The first-order valence-electron chi connectivity index (χ1n) is 13.3. The van der Waals surface area contributed by atoms with Gasteiger partial charge in [-0.2, -0.15) is 13.2 Å². The summed E-state index contributed by atoms with van der Waals surface area (Å²) in [5, 5.41) is 2.78. The fourth-order valence-corrected chi connectivity index (χ4v) is 5.95.